The summed E-state index contributed by atoms with van der Waals surface area (Å²) in [6, 6.07) is 26.2. The van der Waals surface area contributed by atoms with Crippen LogP contribution in [0.4, 0.5) is 5.69 Å². The summed E-state index contributed by atoms with van der Waals surface area (Å²) in [5, 5.41) is 3.94. The van der Waals surface area contributed by atoms with Gasteiger partial charge in [0.25, 0.3) is 0 Å². The molecular formula is C25H25ClN2OS. The van der Waals surface area contributed by atoms with Gasteiger partial charge < -0.3 is 5.32 Å². The van der Waals surface area contributed by atoms with Gasteiger partial charge in [0.05, 0.1) is 11.6 Å². The zero-order valence-corrected chi connectivity index (χ0v) is 18.3. The van der Waals surface area contributed by atoms with Gasteiger partial charge in [-0.25, -0.2) is 0 Å². The van der Waals surface area contributed by atoms with E-state index in [-0.39, 0.29) is 11.8 Å². The van der Waals surface area contributed by atoms with Crippen LogP contribution in [-0.2, 0) is 11.3 Å². The van der Waals surface area contributed by atoms with Gasteiger partial charge in [0, 0.05) is 27.9 Å². The lowest BCUT2D eigenvalue weighted by Crippen LogP contribution is -2.40. The zero-order chi connectivity index (χ0) is 20.8. The molecular weight excluding hydrogens is 412 g/mol. The number of halogens is 1. The van der Waals surface area contributed by atoms with Crippen LogP contribution in [0.3, 0.4) is 0 Å². The lowest BCUT2D eigenvalue weighted by atomic mass is 9.96. The molecule has 0 saturated carbocycles. The maximum atomic E-state index is 13.1. The highest BCUT2D eigenvalue weighted by atomic mass is 35.5. The van der Waals surface area contributed by atoms with Crippen molar-refractivity contribution in [3.8, 4) is 0 Å². The minimum absolute atomic E-state index is 0.000770. The lowest BCUT2D eigenvalue weighted by molar-refractivity contribution is -0.121. The molecule has 1 heterocycles. The number of hydrogen-bond acceptors (Lipinski definition) is 3. The molecule has 3 nitrogen and oxygen atoms in total. The Morgan fingerprint density at radius 1 is 1.00 bits per heavy atom. The Morgan fingerprint density at radius 2 is 1.73 bits per heavy atom. The topological polar surface area (TPSA) is 32.3 Å². The fraction of sp³-hybridized carbons (Fsp3) is 0.240. The Hall–Kier alpha value is -2.27. The van der Waals surface area contributed by atoms with E-state index < -0.39 is 0 Å². The van der Waals surface area contributed by atoms with Crippen LogP contribution in [-0.4, -0.2) is 23.9 Å². The molecule has 0 bridgehead atoms. The van der Waals surface area contributed by atoms with Gasteiger partial charge in [-0.05, 0) is 61.3 Å². The van der Waals surface area contributed by atoms with Crippen molar-refractivity contribution >= 4 is 35.0 Å². The van der Waals surface area contributed by atoms with Crippen molar-refractivity contribution < 1.29 is 4.79 Å². The molecule has 1 aliphatic rings. The van der Waals surface area contributed by atoms with Gasteiger partial charge in [0.2, 0.25) is 5.91 Å². The monoisotopic (exact) mass is 436 g/mol. The van der Waals surface area contributed by atoms with E-state index in [1.165, 1.54) is 5.56 Å². The highest BCUT2D eigenvalue weighted by Crippen LogP contribution is 2.33. The molecule has 1 saturated heterocycles. The van der Waals surface area contributed by atoms with Crippen molar-refractivity contribution in [1.82, 2.24) is 4.90 Å². The fourth-order valence-corrected chi connectivity index (χ4v) is 4.82. The van der Waals surface area contributed by atoms with Gasteiger partial charge in [-0.2, -0.15) is 0 Å². The minimum Gasteiger partial charge on any atom is -0.325 e. The number of amides is 1. The molecule has 154 valence electrons. The highest BCUT2D eigenvalue weighted by Gasteiger charge is 2.26. The average Bonchev–Trinajstić information content (AvgIpc) is 2.78. The second kappa shape index (κ2) is 10.2. The van der Waals surface area contributed by atoms with Crippen LogP contribution < -0.4 is 5.32 Å². The number of piperidine rings is 1. The smallest absolute Gasteiger partial charge is 0.228 e. The molecule has 3 aromatic rings. The Balaban J connectivity index is 1.39. The molecule has 1 N–H and O–H groups in total. The van der Waals surface area contributed by atoms with Gasteiger partial charge in [-0.15, -0.1) is 0 Å². The Morgan fingerprint density at radius 3 is 2.53 bits per heavy atom. The number of rotatable bonds is 6. The SMILES string of the molecule is O=C(Nc1ccccc1Sc1ccccc1)[C@H]1CCCN(Cc2ccc(Cl)cc2)C1. The van der Waals surface area contributed by atoms with Gasteiger partial charge in [0.15, 0.2) is 0 Å². The van der Waals surface area contributed by atoms with Gasteiger partial charge in [-0.1, -0.05) is 65.8 Å². The normalized spacial score (nSPS) is 16.9. The second-order valence-electron chi connectivity index (χ2n) is 7.60. The van der Waals surface area contributed by atoms with Gasteiger partial charge >= 0.3 is 0 Å². The molecule has 0 radical (unpaired) electrons. The van der Waals surface area contributed by atoms with Crippen LogP contribution in [0.2, 0.25) is 5.02 Å². The van der Waals surface area contributed by atoms with Crippen LogP contribution in [0.5, 0.6) is 0 Å². The Labute approximate surface area is 187 Å². The summed E-state index contributed by atoms with van der Waals surface area (Å²) in [6.07, 6.45) is 1.96. The number of nitrogens with zero attached hydrogens (tertiary/aromatic N) is 1. The predicted molar refractivity (Wildman–Crippen MR) is 125 cm³/mol. The number of anilines is 1. The van der Waals surface area contributed by atoms with Crippen LogP contribution in [0.25, 0.3) is 0 Å². The predicted octanol–water partition coefficient (Wildman–Crippen LogP) is 6.34. The summed E-state index contributed by atoms with van der Waals surface area (Å²) in [7, 11) is 0. The fourth-order valence-electron chi connectivity index (χ4n) is 3.77. The van der Waals surface area contributed by atoms with E-state index >= 15 is 0 Å². The van der Waals surface area contributed by atoms with Crippen molar-refractivity contribution in [2.24, 2.45) is 5.92 Å². The summed E-state index contributed by atoms with van der Waals surface area (Å²) in [6.45, 7) is 2.65. The van der Waals surface area contributed by atoms with E-state index in [1.54, 1.807) is 11.8 Å². The summed E-state index contributed by atoms with van der Waals surface area (Å²) < 4.78 is 0. The van der Waals surface area contributed by atoms with Crippen molar-refractivity contribution in [2.45, 2.75) is 29.2 Å². The van der Waals surface area contributed by atoms with Gasteiger partial charge in [-0.3, -0.25) is 9.69 Å². The molecule has 0 unspecified atom stereocenters. The van der Waals surface area contributed by atoms with E-state index in [0.717, 1.165) is 53.0 Å². The largest absolute Gasteiger partial charge is 0.325 e. The summed E-state index contributed by atoms with van der Waals surface area (Å²) in [5.41, 5.74) is 2.11. The van der Waals surface area contributed by atoms with Gasteiger partial charge in [0.1, 0.15) is 0 Å². The van der Waals surface area contributed by atoms with Crippen LogP contribution in [0.1, 0.15) is 18.4 Å². The average molecular weight is 437 g/mol. The second-order valence-corrected chi connectivity index (χ2v) is 9.15. The summed E-state index contributed by atoms with van der Waals surface area (Å²) >= 11 is 7.66. The van der Waals surface area contributed by atoms with Crippen LogP contribution in [0.15, 0.2) is 88.7 Å². The van der Waals surface area contributed by atoms with Crippen LogP contribution >= 0.6 is 23.4 Å². The van der Waals surface area contributed by atoms with Crippen molar-refractivity contribution in [1.29, 1.82) is 0 Å². The standard InChI is InChI=1S/C25H25ClN2OS/c26-21-14-12-19(13-15-21)17-28-16-6-7-20(18-28)25(29)27-23-10-4-5-11-24(23)30-22-8-2-1-3-9-22/h1-5,8-15,20H,6-7,16-18H2,(H,27,29)/t20-/m0/s1. The quantitative estimate of drug-likeness (QED) is 0.489. The molecule has 0 aromatic heterocycles. The minimum atomic E-state index is 0.000770. The Kier molecular flexibility index (Phi) is 7.11. The molecule has 30 heavy (non-hydrogen) atoms. The maximum absolute atomic E-state index is 13.1. The first-order valence-electron chi connectivity index (χ1n) is 10.3. The van der Waals surface area contributed by atoms with E-state index in [9.17, 15) is 4.79 Å². The van der Waals surface area contributed by atoms with Crippen molar-refractivity contribution in [3.63, 3.8) is 0 Å². The van der Waals surface area contributed by atoms with E-state index in [4.69, 9.17) is 11.6 Å². The number of para-hydroxylation sites is 1. The third-order valence-electron chi connectivity index (χ3n) is 5.31. The van der Waals surface area contributed by atoms with Crippen molar-refractivity contribution in [3.05, 3.63) is 89.4 Å². The molecule has 4 rings (SSSR count). The first-order chi connectivity index (χ1) is 14.7. The molecule has 1 atom stereocenters. The van der Waals surface area contributed by atoms with E-state index in [0.29, 0.717) is 0 Å². The number of likely N-dealkylation sites (tertiary alicyclic amines) is 1. The number of nitrogens with one attached hydrogen (secondary N) is 1. The first kappa shape index (κ1) is 21.0. The molecule has 3 aromatic carbocycles. The number of carbonyl (C=O) groups is 1. The number of carbonyl (C=O) groups excluding carboxylic acids is 1. The first-order valence-corrected chi connectivity index (χ1v) is 11.5. The third kappa shape index (κ3) is 5.66. The molecule has 1 amide bonds. The molecule has 5 heteroatoms. The molecule has 0 spiro atoms. The zero-order valence-electron chi connectivity index (χ0n) is 16.8. The molecule has 1 aliphatic heterocycles. The van der Waals surface area contributed by atoms with E-state index in [2.05, 4.69) is 40.5 Å². The summed E-state index contributed by atoms with van der Waals surface area (Å²) in [4.78, 5) is 17.6. The number of hydrogen-bond donors (Lipinski definition) is 1. The highest BCUT2D eigenvalue weighted by molar-refractivity contribution is 7.99. The summed E-state index contributed by atoms with van der Waals surface area (Å²) in [5.74, 6) is 0.109. The lowest BCUT2D eigenvalue weighted by Gasteiger charge is -2.32. The molecule has 1 fully saturated rings. The Bertz CT molecular complexity index is 978. The number of benzene rings is 3. The van der Waals surface area contributed by atoms with Crippen molar-refractivity contribution in [2.75, 3.05) is 18.4 Å². The van der Waals surface area contributed by atoms with Crippen LogP contribution in [0, 0.1) is 5.92 Å². The van der Waals surface area contributed by atoms with E-state index in [1.807, 2.05) is 48.5 Å². The maximum Gasteiger partial charge on any atom is 0.228 e. The third-order valence-corrected chi connectivity index (χ3v) is 6.65. The molecule has 0 aliphatic carbocycles.